The second-order valence-electron chi connectivity index (χ2n) is 2.03. The van der Waals surface area contributed by atoms with Gasteiger partial charge in [0.1, 0.15) is 6.29 Å². The smallest absolute Gasteiger partial charge is 0.138 e. The maximum atomic E-state index is 10.2. The van der Waals surface area contributed by atoms with Crippen molar-refractivity contribution in [2.45, 2.75) is 19.0 Å². The highest BCUT2D eigenvalue weighted by Gasteiger charge is 2.10. The van der Waals surface area contributed by atoms with E-state index in [0.717, 1.165) is 6.29 Å². The first-order valence-corrected chi connectivity index (χ1v) is 3.06. The third-order valence-electron chi connectivity index (χ3n) is 1.47. The van der Waals surface area contributed by atoms with E-state index in [1.54, 1.807) is 7.05 Å². The van der Waals surface area contributed by atoms with Crippen molar-refractivity contribution in [2.24, 2.45) is 0 Å². The monoisotopic (exact) mass is 130 g/mol. The van der Waals surface area contributed by atoms with Crippen LogP contribution in [-0.2, 0) is 4.79 Å². The molecule has 0 aromatic heterocycles. The average molecular weight is 130 g/mol. The van der Waals surface area contributed by atoms with Crippen LogP contribution in [0.3, 0.4) is 0 Å². The number of hydrogen-bond donors (Lipinski definition) is 2. The van der Waals surface area contributed by atoms with Crippen molar-refractivity contribution in [3.63, 3.8) is 0 Å². The molecule has 0 bridgehead atoms. The lowest BCUT2D eigenvalue weighted by atomic mass is 10.2. The normalized spacial score (nSPS) is 16.8. The van der Waals surface area contributed by atoms with E-state index in [9.17, 15) is 4.79 Å². The standard InChI is InChI=1S/C6H14N2O/c1-5(7-2)6(4-9)8-3/h4-8H,1-3H3/t5?,6-/m1/s1. The van der Waals surface area contributed by atoms with Crippen LogP contribution in [-0.4, -0.2) is 32.5 Å². The molecule has 0 aliphatic heterocycles. The van der Waals surface area contributed by atoms with Gasteiger partial charge in [-0.2, -0.15) is 0 Å². The summed E-state index contributed by atoms with van der Waals surface area (Å²) < 4.78 is 0. The van der Waals surface area contributed by atoms with Crippen LogP contribution in [0.15, 0.2) is 0 Å². The van der Waals surface area contributed by atoms with Gasteiger partial charge in [0, 0.05) is 6.04 Å². The van der Waals surface area contributed by atoms with Crippen molar-refractivity contribution in [2.75, 3.05) is 14.1 Å². The fourth-order valence-corrected chi connectivity index (χ4v) is 0.615. The fraction of sp³-hybridized carbons (Fsp3) is 0.833. The van der Waals surface area contributed by atoms with Gasteiger partial charge in [-0.15, -0.1) is 0 Å². The van der Waals surface area contributed by atoms with E-state index in [-0.39, 0.29) is 12.1 Å². The first-order chi connectivity index (χ1) is 4.26. The van der Waals surface area contributed by atoms with Gasteiger partial charge in [0.25, 0.3) is 0 Å². The third-order valence-corrected chi connectivity index (χ3v) is 1.47. The van der Waals surface area contributed by atoms with E-state index in [1.165, 1.54) is 0 Å². The van der Waals surface area contributed by atoms with Crippen LogP contribution in [0, 0.1) is 0 Å². The lowest BCUT2D eigenvalue weighted by molar-refractivity contribution is -0.109. The van der Waals surface area contributed by atoms with Crippen LogP contribution in [0.25, 0.3) is 0 Å². The Hall–Kier alpha value is -0.410. The van der Waals surface area contributed by atoms with Crippen molar-refractivity contribution in [1.82, 2.24) is 10.6 Å². The molecule has 0 radical (unpaired) electrons. The van der Waals surface area contributed by atoms with Gasteiger partial charge < -0.3 is 15.4 Å². The maximum Gasteiger partial charge on any atom is 0.138 e. The van der Waals surface area contributed by atoms with E-state index in [2.05, 4.69) is 10.6 Å². The summed E-state index contributed by atoms with van der Waals surface area (Å²) in [5.74, 6) is 0. The zero-order valence-corrected chi connectivity index (χ0v) is 6.14. The molecule has 0 aliphatic carbocycles. The molecule has 0 aromatic carbocycles. The highest BCUT2D eigenvalue weighted by molar-refractivity contribution is 5.58. The Morgan fingerprint density at radius 1 is 1.33 bits per heavy atom. The molecule has 2 N–H and O–H groups in total. The number of likely N-dealkylation sites (N-methyl/N-ethyl adjacent to an activating group) is 2. The molecule has 54 valence electrons. The van der Waals surface area contributed by atoms with E-state index in [0.29, 0.717) is 0 Å². The predicted octanol–water partition coefficient (Wildman–Crippen LogP) is -0.619. The number of aldehydes is 1. The summed E-state index contributed by atoms with van der Waals surface area (Å²) in [4.78, 5) is 10.2. The van der Waals surface area contributed by atoms with Crippen molar-refractivity contribution < 1.29 is 4.79 Å². The van der Waals surface area contributed by atoms with Gasteiger partial charge in [-0.05, 0) is 21.0 Å². The molecule has 9 heavy (non-hydrogen) atoms. The van der Waals surface area contributed by atoms with E-state index < -0.39 is 0 Å². The Kier molecular flexibility index (Phi) is 4.26. The van der Waals surface area contributed by atoms with Crippen LogP contribution in [0.2, 0.25) is 0 Å². The van der Waals surface area contributed by atoms with Crippen molar-refractivity contribution in [3.8, 4) is 0 Å². The number of rotatable bonds is 4. The zero-order chi connectivity index (χ0) is 7.28. The van der Waals surface area contributed by atoms with E-state index in [1.807, 2.05) is 14.0 Å². The molecule has 0 saturated carbocycles. The van der Waals surface area contributed by atoms with Gasteiger partial charge in [0.05, 0.1) is 6.04 Å². The second-order valence-corrected chi connectivity index (χ2v) is 2.03. The summed E-state index contributed by atoms with van der Waals surface area (Å²) in [5, 5.41) is 5.84. The zero-order valence-electron chi connectivity index (χ0n) is 6.14. The highest BCUT2D eigenvalue weighted by atomic mass is 16.1. The van der Waals surface area contributed by atoms with Gasteiger partial charge in [0.2, 0.25) is 0 Å². The summed E-state index contributed by atoms with van der Waals surface area (Å²) in [7, 11) is 3.60. The molecule has 0 heterocycles. The van der Waals surface area contributed by atoms with Crippen molar-refractivity contribution in [3.05, 3.63) is 0 Å². The predicted molar refractivity (Wildman–Crippen MR) is 37.4 cm³/mol. The molecule has 1 unspecified atom stereocenters. The highest BCUT2D eigenvalue weighted by Crippen LogP contribution is 1.85. The minimum atomic E-state index is -0.0741. The number of nitrogens with one attached hydrogen (secondary N) is 2. The topological polar surface area (TPSA) is 41.1 Å². The molecule has 0 saturated heterocycles. The molecule has 0 amide bonds. The maximum absolute atomic E-state index is 10.2. The van der Waals surface area contributed by atoms with Crippen LogP contribution in [0.5, 0.6) is 0 Å². The lowest BCUT2D eigenvalue weighted by Gasteiger charge is -2.16. The van der Waals surface area contributed by atoms with E-state index in [4.69, 9.17) is 0 Å². The number of hydrogen-bond acceptors (Lipinski definition) is 3. The Morgan fingerprint density at radius 2 is 1.89 bits per heavy atom. The van der Waals surface area contributed by atoms with Gasteiger partial charge >= 0.3 is 0 Å². The Labute approximate surface area is 55.8 Å². The molecular weight excluding hydrogens is 116 g/mol. The van der Waals surface area contributed by atoms with Gasteiger partial charge in [-0.3, -0.25) is 0 Å². The summed E-state index contributed by atoms with van der Waals surface area (Å²) >= 11 is 0. The molecular formula is C6H14N2O. The summed E-state index contributed by atoms with van der Waals surface area (Å²) in [5.41, 5.74) is 0. The minimum Gasteiger partial charge on any atom is -0.315 e. The summed E-state index contributed by atoms with van der Waals surface area (Å²) in [6.07, 6.45) is 0.904. The van der Waals surface area contributed by atoms with E-state index >= 15 is 0 Å². The second kappa shape index (κ2) is 4.47. The van der Waals surface area contributed by atoms with Crippen molar-refractivity contribution in [1.29, 1.82) is 0 Å². The Morgan fingerprint density at radius 3 is 2.00 bits per heavy atom. The SMILES string of the molecule is CNC(C)[C@@H](C=O)NC. The molecule has 3 heteroatoms. The Bertz CT molecular complexity index is 85.1. The molecule has 0 fully saturated rings. The number of carbonyl (C=O) groups is 1. The lowest BCUT2D eigenvalue weighted by Crippen LogP contribution is -2.44. The average Bonchev–Trinajstić information content (AvgIpc) is 1.90. The Balaban J connectivity index is 3.63. The van der Waals surface area contributed by atoms with Gasteiger partial charge in [-0.25, -0.2) is 0 Å². The molecule has 3 nitrogen and oxygen atoms in total. The molecule has 0 aromatic rings. The van der Waals surface area contributed by atoms with Crippen LogP contribution in [0.1, 0.15) is 6.92 Å². The van der Waals surface area contributed by atoms with Gasteiger partial charge in [-0.1, -0.05) is 0 Å². The minimum absolute atomic E-state index is 0.0741. The third kappa shape index (κ3) is 2.58. The quantitative estimate of drug-likeness (QED) is 0.498. The van der Waals surface area contributed by atoms with Crippen LogP contribution in [0.4, 0.5) is 0 Å². The molecule has 2 atom stereocenters. The molecule has 0 rings (SSSR count). The van der Waals surface area contributed by atoms with Crippen LogP contribution >= 0.6 is 0 Å². The fourth-order valence-electron chi connectivity index (χ4n) is 0.615. The first kappa shape index (κ1) is 8.59. The van der Waals surface area contributed by atoms with Crippen molar-refractivity contribution >= 4 is 6.29 Å². The van der Waals surface area contributed by atoms with Crippen LogP contribution < -0.4 is 10.6 Å². The summed E-state index contributed by atoms with van der Waals surface area (Å²) in [6.45, 7) is 1.95. The van der Waals surface area contributed by atoms with Gasteiger partial charge in [0.15, 0.2) is 0 Å². The molecule has 0 spiro atoms. The summed E-state index contributed by atoms with van der Waals surface area (Å²) in [6, 6.07) is 0.127. The number of carbonyl (C=O) groups excluding carboxylic acids is 1. The first-order valence-electron chi connectivity index (χ1n) is 3.06. The largest absolute Gasteiger partial charge is 0.315 e. The molecule has 0 aliphatic rings.